The normalized spacial score (nSPS) is 61.5. The molecule has 2 aliphatic carbocycles. The molecule has 14 heavy (non-hydrogen) atoms. The molecule has 0 aromatic rings. The van der Waals surface area contributed by atoms with E-state index in [9.17, 15) is 0 Å². The minimum Gasteiger partial charge on any atom is -0.311 e. The zero-order chi connectivity index (χ0) is 9.92. The Labute approximate surface area is 87.7 Å². The van der Waals surface area contributed by atoms with Crippen LogP contribution in [0.2, 0.25) is 0 Å². The van der Waals surface area contributed by atoms with Crippen LogP contribution in [0.1, 0.15) is 40.0 Å². The monoisotopic (exact) mass is 193 g/mol. The lowest BCUT2D eigenvalue weighted by molar-refractivity contribution is 0.106. The van der Waals surface area contributed by atoms with Gasteiger partial charge in [0.15, 0.2) is 0 Å². The lowest BCUT2D eigenvalue weighted by Crippen LogP contribution is -2.51. The Hall–Kier alpha value is -0.0400. The number of rotatable bonds is 1. The van der Waals surface area contributed by atoms with Crippen LogP contribution in [0.5, 0.6) is 0 Å². The molecule has 4 unspecified atom stereocenters. The molecular formula is C13H23N. The Kier molecular flexibility index (Phi) is 1.81. The first-order valence-corrected chi connectivity index (χ1v) is 6.37. The van der Waals surface area contributed by atoms with Crippen molar-refractivity contribution in [3.8, 4) is 0 Å². The summed E-state index contributed by atoms with van der Waals surface area (Å²) >= 11 is 0. The van der Waals surface area contributed by atoms with E-state index in [1.165, 1.54) is 25.8 Å². The van der Waals surface area contributed by atoms with Crippen molar-refractivity contribution in [1.82, 2.24) is 5.32 Å². The van der Waals surface area contributed by atoms with E-state index in [4.69, 9.17) is 0 Å². The quantitative estimate of drug-likeness (QED) is 0.675. The van der Waals surface area contributed by atoms with E-state index >= 15 is 0 Å². The highest BCUT2D eigenvalue weighted by Crippen LogP contribution is 2.56. The zero-order valence-electron chi connectivity index (χ0n) is 9.72. The Morgan fingerprint density at radius 3 is 2.21 bits per heavy atom. The van der Waals surface area contributed by atoms with Gasteiger partial charge in [0.2, 0.25) is 0 Å². The third-order valence-electron chi connectivity index (χ3n) is 5.75. The first-order chi connectivity index (χ1) is 6.62. The van der Waals surface area contributed by atoms with Crippen LogP contribution in [0.4, 0.5) is 0 Å². The molecule has 0 spiro atoms. The molecule has 2 saturated carbocycles. The molecule has 4 fully saturated rings. The highest BCUT2D eigenvalue weighted by Gasteiger charge is 2.58. The molecular weight excluding hydrogens is 170 g/mol. The highest BCUT2D eigenvalue weighted by molar-refractivity contribution is 5.14. The van der Waals surface area contributed by atoms with E-state index in [1.807, 2.05) is 0 Å². The predicted octanol–water partition coefficient (Wildman–Crippen LogP) is 2.67. The molecule has 2 aliphatic heterocycles. The van der Waals surface area contributed by atoms with E-state index in [2.05, 4.69) is 26.1 Å². The van der Waals surface area contributed by atoms with Gasteiger partial charge in [0.05, 0.1) is 0 Å². The molecule has 80 valence electrons. The Bertz CT molecular complexity index is 236. The zero-order valence-corrected chi connectivity index (χ0v) is 9.72. The third kappa shape index (κ3) is 0.997. The fourth-order valence-corrected chi connectivity index (χ4v) is 4.48. The summed E-state index contributed by atoms with van der Waals surface area (Å²) in [5.74, 6) is 4.85. The van der Waals surface area contributed by atoms with Crippen LogP contribution in [-0.4, -0.2) is 12.1 Å². The number of nitrogens with one attached hydrogen (secondary N) is 1. The van der Waals surface area contributed by atoms with Crippen LogP contribution in [0, 0.1) is 29.6 Å². The molecule has 4 aliphatic rings. The van der Waals surface area contributed by atoms with Gasteiger partial charge in [0.1, 0.15) is 0 Å². The fraction of sp³-hybridized carbons (Fsp3) is 1.00. The van der Waals surface area contributed by atoms with Crippen molar-refractivity contribution >= 4 is 0 Å². The van der Waals surface area contributed by atoms with Gasteiger partial charge in [-0.2, -0.15) is 0 Å². The maximum absolute atomic E-state index is 3.82. The summed E-state index contributed by atoms with van der Waals surface area (Å²) in [6, 6.07) is 0. The minimum atomic E-state index is 0.600. The molecule has 2 heterocycles. The highest BCUT2D eigenvalue weighted by atomic mass is 15.1. The SMILES string of the molecule is CC1CC(C23CC(CN2)C3)C(C)C1C. The minimum absolute atomic E-state index is 0.600. The standard InChI is InChI=1S/C13H23N/c1-8-4-12(10(3)9(8)2)13-5-11(6-13)7-14-13/h8-12,14H,4-7H2,1-3H3. The summed E-state index contributed by atoms with van der Waals surface area (Å²) in [7, 11) is 0. The largest absolute Gasteiger partial charge is 0.311 e. The first-order valence-electron chi connectivity index (χ1n) is 6.37. The van der Waals surface area contributed by atoms with Gasteiger partial charge in [-0.3, -0.25) is 0 Å². The van der Waals surface area contributed by atoms with Gasteiger partial charge >= 0.3 is 0 Å². The maximum Gasteiger partial charge on any atom is 0.0218 e. The summed E-state index contributed by atoms with van der Waals surface area (Å²) in [4.78, 5) is 0. The number of fused-ring (bicyclic) bond motifs is 1. The summed E-state index contributed by atoms with van der Waals surface area (Å²) in [6.07, 6.45) is 4.45. The second-order valence-corrected chi connectivity index (χ2v) is 6.35. The lowest BCUT2D eigenvalue weighted by Gasteiger charge is -2.45. The van der Waals surface area contributed by atoms with Crippen molar-refractivity contribution in [2.24, 2.45) is 29.6 Å². The van der Waals surface area contributed by atoms with Crippen LogP contribution >= 0.6 is 0 Å². The van der Waals surface area contributed by atoms with E-state index in [-0.39, 0.29) is 0 Å². The van der Waals surface area contributed by atoms with E-state index in [0.717, 1.165) is 29.6 Å². The molecule has 2 bridgehead atoms. The van der Waals surface area contributed by atoms with Gasteiger partial charge in [-0.15, -0.1) is 0 Å². The maximum atomic E-state index is 3.82. The van der Waals surface area contributed by atoms with Gasteiger partial charge in [0, 0.05) is 5.54 Å². The molecule has 1 nitrogen and oxygen atoms in total. The summed E-state index contributed by atoms with van der Waals surface area (Å²) < 4.78 is 0. The molecule has 1 heteroatoms. The topological polar surface area (TPSA) is 12.0 Å². The van der Waals surface area contributed by atoms with E-state index in [0.29, 0.717) is 5.54 Å². The van der Waals surface area contributed by atoms with Crippen molar-refractivity contribution in [2.45, 2.75) is 45.6 Å². The molecule has 4 atom stereocenters. The smallest absolute Gasteiger partial charge is 0.0218 e. The molecule has 2 saturated heterocycles. The molecule has 0 aromatic heterocycles. The van der Waals surface area contributed by atoms with Crippen LogP contribution in [0.3, 0.4) is 0 Å². The molecule has 0 aromatic carbocycles. The predicted molar refractivity (Wildman–Crippen MR) is 59.1 cm³/mol. The second kappa shape index (κ2) is 2.75. The average Bonchev–Trinajstić information content (AvgIpc) is 2.73. The molecule has 1 N–H and O–H groups in total. The Balaban J connectivity index is 1.80. The fourth-order valence-electron chi connectivity index (χ4n) is 4.48. The van der Waals surface area contributed by atoms with E-state index < -0.39 is 0 Å². The molecule has 0 radical (unpaired) electrons. The average molecular weight is 193 g/mol. The van der Waals surface area contributed by atoms with E-state index in [1.54, 1.807) is 0 Å². The van der Waals surface area contributed by atoms with Crippen molar-refractivity contribution in [1.29, 1.82) is 0 Å². The summed E-state index contributed by atoms with van der Waals surface area (Å²) in [5, 5.41) is 3.82. The Morgan fingerprint density at radius 2 is 1.79 bits per heavy atom. The number of hydrogen-bond acceptors (Lipinski definition) is 1. The lowest BCUT2D eigenvalue weighted by atomic mass is 9.63. The Morgan fingerprint density at radius 1 is 1.07 bits per heavy atom. The van der Waals surface area contributed by atoms with Crippen molar-refractivity contribution < 1.29 is 0 Å². The first kappa shape index (κ1) is 9.21. The summed E-state index contributed by atoms with van der Waals surface area (Å²) in [6.45, 7) is 8.70. The van der Waals surface area contributed by atoms with Gasteiger partial charge in [0.25, 0.3) is 0 Å². The van der Waals surface area contributed by atoms with Gasteiger partial charge < -0.3 is 5.32 Å². The van der Waals surface area contributed by atoms with Crippen molar-refractivity contribution in [3.05, 3.63) is 0 Å². The van der Waals surface area contributed by atoms with Crippen molar-refractivity contribution in [2.75, 3.05) is 6.54 Å². The van der Waals surface area contributed by atoms with Gasteiger partial charge in [-0.05, 0) is 55.4 Å². The molecule has 4 rings (SSSR count). The summed E-state index contributed by atoms with van der Waals surface area (Å²) in [5.41, 5.74) is 0.600. The number of hydrogen-bond donors (Lipinski definition) is 1. The molecule has 0 amide bonds. The van der Waals surface area contributed by atoms with Gasteiger partial charge in [-0.25, -0.2) is 0 Å². The second-order valence-electron chi connectivity index (χ2n) is 6.35. The third-order valence-corrected chi connectivity index (χ3v) is 5.75. The van der Waals surface area contributed by atoms with Crippen LogP contribution in [-0.2, 0) is 0 Å². The van der Waals surface area contributed by atoms with Crippen LogP contribution in [0.15, 0.2) is 0 Å². The van der Waals surface area contributed by atoms with Gasteiger partial charge in [-0.1, -0.05) is 20.8 Å². The van der Waals surface area contributed by atoms with Crippen LogP contribution in [0.25, 0.3) is 0 Å². The van der Waals surface area contributed by atoms with Crippen molar-refractivity contribution in [3.63, 3.8) is 0 Å². The van der Waals surface area contributed by atoms with Crippen LogP contribution < -0.4 is 5.32 Å².